The van der Waals surface area contributed by atoms with Crippen molar-refractivity contribution in [3.63, 3.8) is 0 Å². The Hall–Kier alpha value is -0.260. The van der Waals surface area contributed by atoms with Crippen molar-refractivity contribution in [1.82, 2.24) is 9.80 Å². The van der Waals surface area contributed by atoms with Crippen LogP contribution in [-0.4, -0.2) is 71.6 Å². The molecule has 0 aliphatic rings. The van der Waals surface area contributed by atoms with Crippen molar-refractivity contribution in [2.24, 2.45) is 0 Å². The van der Waals surface area contributed by atoms with Crippen LogP contribution in [-0.2, 0) is 9.59 Å². The van der Waals surface area contributed by atoms with Crippen molar-refractivity contribution < 1.29 is 19.8 Å². The summed E-state index contributed by atoms with van der Waals surface area (Å²) >= 11 is 0. The highest BCUT2D eigenvalue weighted by atomic mass is 33.1. The summed E-state index contributed by atoms with van der Waals surface area (Å²) in [6.45, 7) is 5.62. The van der Waals surface area contributed by atoms with Crippen molar-refractivity contribution in [2.75, 3.05) is 38.8 Å². The second-order valence-electron chi connectivity index (χ2n) is 8.60. The molecule has 0 atom stereocenters. The number of carbonyl (C=O) groups excluding carboxylic acids is 2. The van der Waals surface area contributed by atoms with Crippen LogP contribution in [0.2, 0.25) is 0 Å². The lowest BCUT2D eigenvalue weighted by atomic mass is 10.1. The van der Waals surface area contributed by atoms with Gasteiger partial charge in [0.25, 0.3) is 0 Å². The summed E-state index contributed by atoms with van der Waals surface area (Å²) in [4.78, 5) is 28.8. The Morgan fingerprint density at radius 2 is 0.917 bits per heavy atom. The van der Waals surface area contributed by atoms with E-state index in [2.05, 4.69) is 0 Å². The van der Waals surface area contributed by atoms with Gasteiger partial charge in [-0.15, -0.1) is 0 Å². The zero-order chi connectivity index (χ0) is 27.0. The molecule has 0 spiro atoms. The lowest BCUT2D eigenvalue weighted by molar-refractivity contribution is -0.117. The molecule has 0 saturated heterocycles. The Morgan fingerprint density at radius 3 is 1.17 bits per heavy atom. The molecule has 0 aromatic heterocycles. The maximum absolute atomic E-state index is 11.5. The normalized spacial score (nSPS) is 12.7. The summed E-state index contributed by atoms with van der Waals surface area (Å²) in [6, 6.07) is 0. The molecule has 0 aliphatic heterocycles. The van der Waals surface area contributed by atoms with Crippen molar-refractivity contribution in [3.05, 3.63) is 21.2 Å². The molecule has 6 nitrogen and oxygen atoms in total. The molecule has 10 heteroatoms. The molecule has 210 valence electrons. The topological polar surface area (TPSA) is 81.1 Å². The van der Waals surface area contributed by atoms with E-state index in [1.807, 2.05) is 26.4 Å². The zero-order valence-electron chi connectivity index (χ0n) is 22.7. The standard InChI is InChI=1S/C26H48N2O4S4/c1-23(25(15-19-29)35-33-3)27(21-31)17-13-11-9-7-5-6-8-10-12-14-18-28(22-32)24(2)26(16-20-30)36-34-4/h21-22,29-30H,5-20H2,1-4H3/b25-23-,26-24-. The zero-order valence-corrected chi connectivity index (χ0v) is 26.0. The summed E-state index contributed by atoms with van der Waals surface area (Å²) in [5, 5.41) is 18.5. The predicted octanol–water partition coefficient (Wildman–Crippen LogP) is 7.05. The van der Waals surface area contributed by atoms with Crippen LogP contribution >= 0.6 is 43.2 Å². The fraction of sp³-hybridized carbons (Fsp3) is 0.769. The van der Waals surface area contributed by atoms with Crippen LogP contribution in [0.5, 0.6) is 0 Å². The lowest BCUT2D eigenvalue weighted by Gasteiger charge is -2.21. The number of unbranched alkanes of at least 4 members (excludes halogenated alkanes) is 9. The number of rotatable bonds is 25. The summed E-state index contributed by atoms with van der Waals surface area (Å²) < 4.78 is 0. The average molecular weight is 581 g/mol. The Labute approximate surface area is 235 Å². The maximum atomic E-state index is 11.5. The SMILES string of the molecule is CSS/C(CCO)=C(/C)N(C=O)CCCCCCCCCCCCN(C=O)/C(C)=C(/CCO)SSC. The van der Waals surface area contributed by atoms with Gasteiger partial charge in [-0.25, -0.2) is 0 Å². The minimum absolute atomic E-state index is 0.102. The predicted molar refractivity (Wildman–Crippen MR) is 163 cm³/mol. The van der Waals surface area contributed by atoms with E-state index < -0.39 is 0 Å². The highest BCUT2D eigenvalue weighted by Crippen LogP contribution is 2.34. The van der Waals surface area contributed by atoms with E-state index in [1.165, 1.54) is 38.5 Å². The van der Waals surface area contributed by atoms with Gasteiger partial charge in [0.1, 0.15) is 0 Å². The molecule has 0 saturated carbocycles. The fourth-order valence-corrected chi connectivity index (χ4v) is 7.53. The van der Waals surface area contributed by atoms with Gasteiger partial charge in [0.05, 0.1) is 0 Å². The molecule has 2 amide bonds. The number of nitrogens with zero attached hydrogens (tertiary/aromatic N) is 2. The Balaban J connectivity index is 4.01. The summed E-state index contributed by atoms with van der Waals surface area (Å²) in [7, 11) is 6.53. The number of allylic oxidation sites excluding steroid dienone is 2. The van der Waals surface area contributed by atoms with Gasteiger partial charge in [0.2, 0.25) is 12.8 Å². The van der Waals surface area contributed by atoms with E-state index in [0.29, 0.717) is 12.8 Å². The lowest BCUT2D eigenvalue weighted by Crippen LogP contribution is -2.22. The average Bonchev–Trinajstić information content (AvgIpc) is 2.88. The third-order valence-electron chi connectivity index (χ3n) is 6.02. The highest BCUT2D eigenvalue weighted by molar-refractivity contribution is 8.78. The van der Waals surface area contributed by atoms with Crippen LogP contribution in [0.4, 0.5) is 0 Å². The first kappa shape index (κ1) is 35.7. The van der Waals surface area contributed by atoms with Gasteiger partial charge in [-0.05, 0) is 39.2 Å². The van der Waals surface area contributed by atoms with Gasteiger partial charge >= 0.3 is 0 Å². The fourth-order valence-electron chi connectivity index (χ4n) is 3.87. The summed E-state index contributed by atoms with van der Waals surface area (Å²) in [6.07, 6.45) is 18.6. The number of aliphatic hydroxyl groups excluding tert-OH is 2. The maximum Gasteiger partial charge on any atom is 0.213 e. The molecule has 0 bridgehead atoms. The molecule has 0 rings (SSSR count). The van der Waals surface area contributed by atoms with E-state index >= 15 is 0 Å². The van der Waals surface area contributed by atoms with E-state index in [0.717, 1.165) is 72.8 Å². The Bertz CT molecular complexity index is 577. The number of hydrogen-bond acceptors (Lipinski definition) is 8. The third kappa shape index (κ3) is 16.6. The molecule has 36 heavy (non-hydrogen) atoms. The number of amides is 2. The second kappa shape index (κ2) is 25.0. The minimum Gasteiger partial charge on any atom is -0.396 e. The largest absolute Gasteiger partial charge is 0.396 e. The monoisotopic (exact) mass is 580 g/mol. The van der Waals surface area contributed by atoms with Crippen LogP contribution in [0.3, 0.4) is 0 Å². The summed E-state index contributed by atoms with van der Waals surface area (Å²) in [5.41, 5.74) is 1.93. The molecule has 0 heterocycles. The number of hydrogen-bond donors (Lipinski definition) is 2. The van der Waals surface area contributed by atoms with Gasteiger partial charge in [-0.2, -0.15) is 0 Å². The summed E-state index contributed by atoms with van der Waals surface area (Å²) in [5.74, 6) is 0. The highest BCUT2D eigenvalue weighted by Gasteiger charge is 2.12. The minimum atomic E-state index is 0.102. The number of aliphatic hydroxyl groups is 2. The quantitative estimate of drug-likeness (QED) is 0.0675. The molecule has 0 fully saturated rings. The van der Waals surface area contributed by atoms with Gasteiger partial charge in [-0.3, -0.25) is 9.59 Å². The molecule has 0 aromatic carbocycles. The molecule has 0 unspecified atom stereocenters. The first-order valence-corrected chi connectivity index (χ1v) is 18.1. The van der Waals surface area contributed by atoms with Gasteiger partial charge < -0.3 is 20.0 Å². The van der Waals surface area contributed by atoms with E-state index in [-0.39, 0.29) is 13.2 Å². The van der Waals surface area contributed by atoms with Crippen LogP contribution in [0.25, 0.3) is 0 Å². The van der Waals surface area contributed by atoms with Crippen molar-refractivity contribution in [3.8, 4) is 0 Å². The molecular formula is C26H48N2O4S4. The third-order valence-corrected chi connectivity index (χ3v) is 9.96. The molecule has 0 aliphatic carbocycles. The van der Waals surface area contributed by atoms with Gasteiger partial charge in [-0.1, -0.05) is 94.5 Å². The van der Waals surface area contributed by atoms with Crippen LogP contribution in [0.1, 0.15) is 90.9 Å². The van der Waals surface area contributed by atoms with Crippen LogP contribution in [0.15, 0.2) is 21.2 Å². The van der Waals surface area contributed by atoms with Crippen molar-refractivity contribution in [2.45, 2.75) is 90.9 Å². The van der Waals surface area contributed by atoms with E-state index in [9.17, 15) is 19.8 Å². The smallest absolute Gasteiger partial charge is 0.213 e. The van der Waals surface area contributed by atoms with E-state index in [1.54, 1.807) is 53.0 Å². The Morgan fingerprint density at radius 1 is 0.611 bits per heavy atom. The number of carbonyl (C=O) groups is 2. The second-order valence-corrected chi connectivity index (χ2v) is 13.6. The molecule has 2 N–H and O–H groups in total. The molecular weight excluding hydrogens is 533 g/mol. The molecule has 0 radical (unpaired) electrons. The first-order chi connectivity index (χ1) is 17.5. The Kier molecular flexibility index (Phi) is 24.9. The van der Waals surface area contributed by atoms with Gasteiger partial charge in [0, 0.05) is 60.3 Å². The van der Waals surface area contributed by atoms with Crippen LogP contribution < -0.4 is 0 Å². The van der Waals surface area contributed by atoms with Crippen LogP contribution in [0, 0.1) is 0 Å². The molecule has 0 aromatic rings. The van der Waals surface area contributed by atoms with E-state index in [4.69, 9.17) is 0 Å². The first-order valence-electron chi connectivity index (χ1n) is 13.0. The van der Waals surface area contributed by atoms with Gasteiger partial charge in [0.15, 0.2) is 0 Å². The van der Waals surface area contributed by atoms with Crippen molar-refractivity contribution in [1.29, 1.82) is 0 Å². The van der Waals surface area contributed by atoms with Crippen molar-refractivity contribution >= 4 is 56.0 Å².